The monoisotopic (exact) mass is 459 g/mol. The van der Waals surface area contributed by atoms with Crippen molar-refractivity contribution in [3.05, 3.63) is 75.3 Å². The van der Waals surface area contributed by atoms with Crippen LogP contribution < -0.4 is 22.3 Å². The topological polar surface area (TPSA) is 172 Å². The van der Waals surface area contributed by atoms with Gasteiger partial charge in [0.1, 0.15) is 40.3 Å². The lowest BCUT2D eigenvalue weighted by molar-refractivity contribution is 0.623. The predicted molar refractivity (Wildman–Crippen MR) is 120 cm³/mol. The highest BCUT2D eigenvalue weighted by Crippen LogP contribution is 2.26. The van der Waals surface area contributed by atoms with Gasteiger partial charge in [0, 0.05) is 0 Å². The largest absolute Gasteiger partial charge is 0.382 e. The Bertz CT molecular complexity index is 1600. The third-order valence-electron chi connectivity index (χ3n) is 4.95. The molecule has 0 fully saturated rings. The molecule has 168 valence electrons. The van der Waals surface area contributed by atoms with Crippen LogP contribution >= 0.6 is 0 Å². The normalized spacial score (nSPS) is 11.6. The van der Waals surface area contributed by atoms with Crippen molar-refractivity contribution in [2.45, 2.75) is 13.0 Å². The average molecular weight is 459 g/mol. The van der Waals surface area contributed by atoms with Crippen LogP contribution in [0.15, 0.2) is 41.2 Å². The van der Waals surface area contributed by atoms with Crippen molar-refractivity contribution >= 4 is 28.5 Å². The van der Waals surface area contributed by atoms with Gasteiger partial charge in [-0.1, -0.05) is 6.07 Å². The molecule has 4 aromatic rings. The van der Waals surface area contributed by atoms with Crippen LogP contribution in [-0.4, -0.2) is 19.5 Å². The third kappa shape index (κ3) is 3.80. The van der Waals surface area contributed by atoms with Crippen molar-refractivity contribution in [3.63, 3.8) is 0 Å². The molecule has 4 rings (SSSR count). The van der Waals surface area contributed by atoms with E-state index in [9.17, 15) is 24.1 Å². The number of nitrogens with two attached hydrogens (primary N) is 2. The number of benzene rings is 2. The molecule has 0 radical (unpaired) electrons. The molecule has 0 saturated carbocycles. The Kier molecular flexibility index (Phi) is 5.49. The third-order valence-corrected chi connectivity index (χ3v) is 4.95. The number of nitrogens with one attached hydrogen (secondary N) is 1. The van der Waals surface area contributed by atoms with E-state index in [-0.39, 0.29) is 51.1 Å². The summed E-state index contributed by atoms with van der Waals surface area (Å²) in [5, 5.41) is 21.3. The minimum atomic E-state index is -0.852. The molecule has 0 aliphatic heterocycles. The molecule has 1 unspecified atom stereocenters. The number of anilines is 3. The van der Waals surface area contributed by atoms with Crippen LogP contribution in [0.5, 0.6) is 0 Å². The van der Waals surface area contributed by atoms with E-state index in [1.165, 1.54) is 18.2 Å². The van der Waals surface area contributed by atoms with Crippen LogP contribution in [-0.2, 0) is 0 Å². The molecule has 1 atom stereocenters. The minimum Gasteiger partial charge on any atom is -0.382 e. The van der Waals surface area contributed by atoms with Gasteiger partial charge in [-0.25, -0.2) is 13.8 Å². The zero-order valence-corrected chi connectivity index (χ0v) is 17.5. The smallest absolute Gasteiger partial charge is 0.269 e. The van der Waals surface area contributed by atoms with Gasteiger partial charge < -0.3 is 16.8 Å². The van der Waals surface area contributed by atoms with E-state index in [0.29, 0.717) is 0 Å². The number of rotatable bonds is 4. The molecule has 5 N–H and O–H groups in total. The Hall–Kier alpha value is -5.10. The number of hydrogen-bond donors (Lipinski definition) is 3. The van der Waals surface area contributed by atoms with Gasteiger partial charge in [-0.05, 0) is 37.3 Å². The first-order valence-corrected chi connectivity index (χ1v) is 9.75. The maximum Gasteiger partial charge on any atom is 0.269 e. The number of nitrogens with zero attached hydrogens (tertiary/aromatic N) is 6. The molecule has 0 aliphatic rings. The Morgan fingerprint density at radius 3 is 2.56 bits per heavy atom. The van der Waals surface area contributed by atoms with E-state index in [1.54, 1.807) is 6.92 Å². The Labute approximate surface area is 190 Å². The summed E-state index contributed by atoms with van der Waals surface area (Å²) >= 11 is 0. The Morgan fingerprint density at radius 2 is 1.85 bits per heavy atom. The number of nitriles is 2. The number of fused-ring (bicyclic) bond motifs is 1. The highest BCUT2D eigenvalue weighted by molar-refractivity contribution is 5.79. The number of halogens is 2. The lowest BCUT2D eigenvalue weighted by atomic mass is 10.1. The van der Waals surface area contributed by atoms with E-state index >= 15 is 0 Å². The van der Waals surface area contributed by atoms with Gasteiger partial charge >= 0.3 is 0 Å². The summed E-state index contributed by atoms with van der Waals surface area (Å²) in [4.78, 5) is 25.6. The van der Waals surface area contributed by atoms with Crippen molar-refractivity contribution in [3.8, 4) is 17.8 Å². The number of hydrogen-bond acceptors (Lipinski definition) is 9. The molecule has 0 saturated heterocycles. The summed E-state index contributed by atoms with van der Waals surface area (Å²) in [6.45, 7) is 1.59. The Balaban J connectivity index is 1.99. The van der Waals surface area contributed by atoms with E-state index < -0.39 is 23.2 Å². The number of aromatic nitrogens is 4. The second-order valence-electron chi connectivity index (χ2n) is 7.22. The summed E-state index contributed by atoms with van der Waals surface area (Å²) in [6.07, 6.45) is 0. The fourth-order valence-corrected chi connectivity index (χ4v) is 3.50. The van der Waals surface area contributed by atoms with Crippen molar-refractivity contribution in [1.29, 1.82) is 10.5 Å². The first-order chi connectivity index (χ1) is 16.2. The van der Waals surface area contributed by atoms with Crippen LogP contribution in [0.2, 0.25) is 0 Å². The molecule has 2 aromatic carbocycles. The quantitative estimate of drug-likeness (QED) is 0.414. The van der Waals surface area contributed by atoms with Crippen LogP contribution in [0.3, 0.4) is 0 Å². The van der Waals surface area contributed by atoms with E-state index in [1.807, 2.05) is 12.1 Å². The van der Waals surface area contributed by atoms with Gasteiger partial charge in [-0.15, -0.1) is 0 Å². The lowest BCUT2D eigenvalue weighted by Crippen LogP contribution is -2.28. The van der Waals surface area contributed by atoms with Crippen LogP contribution in [0, 0.1) is 34.3 Å². The van der Waals surface area contributed by atoms with Crippen molar-refractivity contribution in [1.82, 2.24) is 19.5 Å². The summed E-state index contributed by atoms with van der Waals surface area (Å²) in [5.41, 5.74) is 10.5. The molecule has 0 aliphatic carbocycles. The molecule has 10 nitrogen and oxygen atoms in total. The molecule has 34 heavy (non-hydrogen) atoms. The van der Waals surface area contributed by atoms with E-state index in [4.69, 9.17) is 11.5 Å². The van der Waals surface area contributed by atoms with Gasteiger partial charge in [-0.3, -0.25) is 9.36 Å². The lowest BCUT2D eigenvalue weighted by Gasteiger charge is -2.21. The number of nitrogen functional groups attached to an aromatic ring is 2. The SMILES string of the molecule is CC(Nc1nc(N)nc(N)c1C#N)c1nc2cccc(F)c2c(=O)n1-c1cc(F)cc(C#N)c1. The minimum absolute atomic E-state index is 0.0166. The zero-order chi connectivity index (χ0) is 24.6. The zero-order valence-electron chi connectivity index (χ0n) is 17.5. The van der Waals surface area contributed by atoms with Gasteiger partial charge in [0.2, 0.25) is 5.95 Å². The van der Waals surface area contributed by atoms with Crippen molar-refractivity contribution in [2.24, 2.45) is 0 Å². The summed E-state index contributed by atoms with van der Waals surface area (Å²) < 4.78 is 29.8. The summed E-state index contributed by atoms with van der Waals surface area (Å²) in [5.74, 6) is -1.92. The standard InChI is InChI=1S/C22H15F2N9O/c1-10(29-19-14(9-26)18(27)31-22(28)32-19)20-30-16-4-2-3-15(24)17(16)21(34)33(20)13-6-11(8-25)5-12(23)7-13/h2-7,10H,1H3,(H5,27,28,29,31,32). The van der Waals surface area contributed by atoms with E-state index in [2.05, 4.69) is 20.3 Å². The van der Waals surface area contributed by atoms with Crippen molar-refractivity contribution < 1.29 is 8.78 Å². The maximum absolute atomic E-state index is 14.6. The van der Waals surface area contributed by atoms with Gasteiger partial charge in [-0.2, -0.15) is 20.5 Å². The summed E-state index contributed by atoms with van der Waals surface area (Å²) in [7, 11) is 0. The Morgan fingerprint density at radius 1 is 1.09 bits per heavy atom. The van der Waals surface area contributed by atoms with Crippen LogP contribution in [0.1, 0.15) is 29.9 Å². The fraction of sp³-hybridized carbons (Fsp3) is 0.0909. The van der Waals surface area contributed by atoms with Crippen molar-refractivity contribution in [2.75, 3.05) is 16.8 Å². The first kappa shape index (κ1) is 22.1. The fourth-order valence-electron chi connectivity index (χ4n) is 3.50. The van der Waals surface area contributed by atoms with Gasteiger partial charge in [0.15, 0.2) is 5.82 Å². The predicted octanol–water partition coefficient (Wildman–Crippen LogP) is 2.53. The molecule has 12 heteroatoms. The average Bonchev–Trinajstić information content (AvgIpc) is 2.78. The molecule has 0 bridgehead atoms. The van der Waals surface area contributed by atoms with Gasteiger partial charge in [0.25, 0.3) is 5.56 Å². The van der Waals surface area contributed by atoms with Crippen LogP contribution in [0.25, 0.3) is 16.6 Å². The molecular weight excluding hydrogens is 444 g/mol. The van der Waals surface area contributed by atoms with Gasteiger partial charge in [0.05, 0.1) is 28.9 Å². The molecule has 0 spiro atoms. The maximum atomic E-state index is 14.6. The molecule has 0 amide bonds. The van der Waals surface area contributed by atoms with E-state index in [0.717, 1.165) is 22.8 Å². The highest BCUT2D eigenvalue weighted by Gasteiger charge is 2.22. The molecule has 2 heterocycles. The molecular formula is C22H15F2N9O. The molecule has 2 aromatic heterocycles. The second kappa shape index (κ2) is 8.44. The first-order valence-electron chi connectivity index (χ1n) is 9.75. The highest BCUT2D eigenvalue weighted by atomic mass is 19.1. The van der Waals surface area contributed by atoms with Crippen LogP contribution in [0.4, 0.5) is 26.4 Å². The second-order valence-corrected chi connectivity index (χ2v) is 7.22. The summed E-state index contributed by atoms with van der Waals surface area (Å²) in [6, 6.07) is 10.1.